The molecule has 1 aromatic carbocycles. The van der Waals surface area contributed by atoms with Crippen molar-refractivity contribution < 1.29 is 9.32 Å². The van der Waals surface area contributed by atoms with Crippen LogP contribution in [-0.4, -0.2) is 21.0 Å². The number of hydrogen-bond donors (Lipinski definition) is 1. The summed E-state index contributed by atoms with van der Waals surface area (Å²) in [6.07, 6.45) is 4.02. The molecule has 25 heavy (non-hydrogen) atoms. The zero-order valence-corrected chi connectivity index (χ0v) is 14.3. The highest BCUT2D eigenvalue weighted by Gasteiger charge is 2.11. The van der Waals surface area contributed by atoms with E-state index in [1.165, 1.54) is 5.56 Å². The van der Waals surface area contributed by atoms with Crippen LogP contribution >= 0.6 is 0 Å². The number of amides is 1. The molecule has 2 aromatic heterocycles. The maximum atomic E-state index is 12.1. The number of carbonyl (C=O) groups is 1. The molecule has 0 aliphatic heterocycles. The average Bonchev–Trinajstić information content (AvgIpc) is 3.10. The van der Waals surface area contributed by atoms with Crippen LogP contribution in [0.5, 0.6) is 0 Å². The smallest absolute Gasteiger partial charge is 0.227 e. The number of rotatable bonds is 6. The number of aryl methyl sites for hydroxylation is 1. The van der Waals surface area contributed by atoms with Crippen molar-refractivity contribution in [1.29, 1.82) is 0 Å². The first-order valence-electron chi connectivity index (χ1n) is 8.24. The van der Waals surface area contributed by atoms with Crippen LogP contribution in [0.15, 0.2) is 53.3 Å². The number of carbonyl (C=O) groups excluding carboxylic acids is 1. The van der Waals surface area contributed by atoms with Gasteiger partial charge in [0.2, 0.25) is 17.6 Å². The summed E-state index contributed by atoms with van der Waals surface area (Å²) < 4.78 is 5.21. The first-order valence-corrected chi connectivity index (χ1v) is 8.24. The van der Waals surface area contributed by atoms with Crippen LogP contribution in [0, 0.1) is 0 Å². The molecule has 0 radical (unpaired) electrons. The molecule has 0 aliphatic carbocycles. The monoisotopic (exact) mass is 336 g/mol. The predicted octanol–water partition coefficient (Wildman–Crippen LogP) is 3.83. The molecule has 3 aromatic rings. The van der Waals surface area contributed by atoms with Crippen LogP contribution in [-0.2, 0) is 11.2 Å². The van der Waals surface area contributed by atoms with Crippen LogP contribution in [0.3, 0.4) is 0 Å². The fraction of sp³-hybridized carbons (Fsp3) is 0.263. The first-order chi connectivity index (χ1) is 12.1. The quantitative estimate of drug-likeness (QED) is 0.740. The molecule has 0 aliphatic rings. The minimum atomic E-state index is -0.0791. The third-order valence-electron chi connectivity index (χ3n) is 3.81. The molecule has 0 saturated heterocycles. The Hall–Kier alpha value is -3.02. The summed E-state index contributed by atoms with van der Waals surface area (Å²) in [4.78, 5) is 20.4. The molecule has 6 nitrogen and oxygen atoms in total. The number of pyridine rings is 1. The second kappa shape index (κ2) is 7.70. The molecule has 1 amide bonds. The summed E-state index contributed by atoms with van der Waals surface area (Å²) in [5, 5.41) is 6.84. The fourth-order valence-corrected chi connectivity index (χ4v) is 2.39. The third-order valence-corrected chi connectivity index (χ3v) is 3.81. The average molecular weight is 336 g/mol. The van der Waals surface area contributed by atoms with Gasteiger partial charge in [-0.25, -0.2) is 0 Å². The Kier molecular flexibility index (Phi) is 5.18. The van der Waals surface area contributed by atoms with Crippen LogP contribution in [0.25, 0.3) is 11.4 Å². The molecule has 1 N–H and O–H groups in total. The molecule has 0 spiro atoms. The highest BCUT2D eigenvalue weighted by Crippen LogP contribution is 2.19. The molecule has 0 atom stereocenters. The van der Waals surface area contributed by atoms with Crippen molar-refractivity contribution >= 4 is 11.6 Å². The van der Waals surface area contributed by atoms with Crippen LogP contribution < -0.4 is 5.32 Å². The normalized spacial score (nSPS) is 10.8. The Bertz CT molecular complexity index is 843. The number of aromatic nitrogens is 3. The number of nitrogens with one attached hydrogen (secondary N) is 1. The van der Waals surface area contributed by atoms with Crippen molar-refractivity contribution in [3.05, 3.63) is 60.2 Å². The lowest BCUT2D eigenvalue weighted by Crippen LogP contribution is -2.12. The van der Waals surface area contributed by atoms with Gasteiger partial charge in [0.05, 0.1) is 0 Å². The summed E-state index contributed by atoms with van der Waals surface area (Å²) in [7, 11) is 0. The molecule has 2 heterocycles. The lowest BCUT2D eigenvalue weighted by atomic mass is 10.0. The predicted molar refractivity (Wildman–Crippen MR) is 95.0 cm³/mol. The largest absolute Gasteiger partial charge is 0.339 e. The van der Waals surface area contributed by atoms with Gasteiger partial charge in [0.1, 0.15) is 0 Å². The van der Waals surface area contributed by atoms with Gasteiger partial charge in [0, 0.05) is 36.5 Å². The van der Waals surface area contributed by atoms with E-state index in [1.54, 1.807) is 12.4 Å². The lowest BCUT2D eigenvalue weighted by Gasteiger charge is -2.09. The van der Waals surface area contributed by atoms with Crippen LogP contribution in [0.2, 0.25) is 0 Å². The fourth-order valence-electron chi connectivity index (χ4n) is 2.39. The minimum Gasteiger partial charge on any atom is -0.339 e. The lowest BCUT2D eigenvalue weighted by molar-refractivity contribution is -0.116. The summed E-state index contributed by atoms with van der Waals surface area (Å²) in [6, 6.07) is 11.5. The van der Waals surface area contributed by atoms with Gasteiger partial charge in [0.25, 0.3) is 0 Å². The molecule has 128 valence electrons. The molecular weight excluding hydrogens is 316 g/mol. The van der Waals surface area contributed by atoms with Gasteiger partial charge in [-0.3, -0.25) is 9.78 Å². The molecular formula is C19H20N4O2. The maximum absolute atomic E-state index is 12.1. The van der Waals surface area contributed by atoms with Crippen molar-refractivity contribution in [3.8, 4) is 11.4 Å². The summed E-state index contributed by atoms with van der Waals surface area (Å²) in [5.74, 6) is 1.28. The minimum absolute atomic E-state index is 0.0791. The zero-order valence-electron chi connectivity index (χ0n) is 14.3. The van der Waals surface area contributed by atoms with Crippen LogP contribution in [0.4, 0.5) is 5.69 Å². The molecule has 0 fully saturated rings. The number of benzene rings is 1. The van der Waals surface area contributed by atoms with Gasteiger partial charge in [-0.2, -0.15) is 4.98 Å². The summed E-state index contributed by atoms with van der Waals surface area (Å²) >= 11 is 0. The Morgan fingerprint density at radius 3 is 2.76 bits per heavy atom. The molecule has 3 rings (SSSR count). The highest BCUT2D eigenvalue weighted by molar-refractivity contribution is 5.90. The van der Waals surface area contributed by atoms with Crippen molar-refractivity contribution in [2.24, 2.45) is 0 Å². The Morgan fingerprint density at radius 1 is 1.20 bits per heavy atom. The van der Waals surface area contributed by atoms with Crippen molar-refractivity contribution in [2.45, 2.75) is 32.6 Å². The van der Waals surface area contributed by atoms with E-state index in [2.05, 4.69) is 40.4 Å². The van der Waals surface area contributed by atoms with E-state index in [1.807, 2.05) is 30.3 Å². The number of nitrogens with zero attached hydrogens (tertiary/aromatic N) is 3. The van der Waals surface area contributed by atoms with Gasteiger partial charge < -0.3 is 9.84 Å². The summed E-state index contributed by atoms with van der Waals surface area (Å²) in [6.45, 7) is 4.24. The molecule has 0 bridgehead atoms. The number of hydrogen-bond acceptors (Lipinski definition) is 5. The Balaban J connectivity index is 1.56. The van der Waals surface area contributed by atoms with Crippen LogP contribution in [0.1, 0.15) is 37.6 Å². The Morgan fingerprint density at radius 2 is 2.00 bits per heavy atom. The number of anilines is 1. The van der Waals surface area contributed by atoms with E-state index in [9.17, 15) is 4.79 Å². The molecule has 6 heteroatoms. The zero-order chi connectivity index (χ0) is 17.6. The second-order valence-corrected chi connectivity index (χ2v) is 6.08. The third kappa shape index (κ3) is 4.50. The van der Waals surface area contributed by atoms with Gasteiger partial charge in [-0.15, -0.1) is 0 Å². The van der Waals surface area contributed by atoms with E-state index >= 15 is 0 Å². The maximum Gasteiger partial charge on any atom is 0.227 e. The van der Waals surface area contributed by atoms with E-state index in [0.717, 1.165) is 11.3 Å². The van der Waals surface area contributed by atoms with Gasteiger partial charge in [0.15, 0.2) is 0 Å². The van der Waals surface area contributed by atoms with Gasteiger partial charge in [-0.05, 0) is 35.7 Å². The SMILES string of the molecule is CC(C)c1cccc(NC(=O)CCc2nc(-c3ccncc3)no2)c1. The van der Waals surface area contributed by atoms with Crippen molar-refractivity contribution in [1.82, 2.24) is 15.1 Å². The Labute approximate surface area is 146 Å². The van der Waals surface area contributed by atoms with Gasteiger partial charge in [-0.1, -0.05) is 31.1 Å². The molecule has 0 unspecified atom stereocenters. The topological polar surface area (TPSA) is 80.9 Å². The van der Waals surface area contributed by atoms with E-state index in [-0.39, 0.29) is 12.3 Å². The second-order valence-electron chi connectivity index (χ2n) is 6.08. The molecule has 0 saturated carbocycles. The first kappa shape index (κ1) is 16.8. The van der Waals surface area contributed by atoms with E-state index in [4.69, 9.17) is 4.52 Å². The van der Waals surface area contributed by atoms with E-state index in [0.29, 0.717) is 24.1 Å². The van der Waals surface area contributed by atoms with E-state index < -0.39 is 0 Å². The van der Waals surface area contributed by atoms with Gasteiger partial charge >= 0.3 is 0 Å². The van der Waals surface area contributed by atoms with Crippen molar-refractivity contribution in [2.75, 3.05) is 5.32 Å². The van der Waals surface area contributed by atoms with Crippen molar-refractivity contribution in [3.63, 3.8) is 0 Å². The highest BCUT2D eigenvalue weighted by atomic mass is 16.5. The standard InChI is InChI=1S/C19H20N4O2/c1-13(2)15-4-3-5-16(12-15)21-17(24)6-7-18-22-19(23-25-18)14-8-10-20-11-9-14/h3-5,8-13H,6-7H2,1-2H3,(H,21,24). The summed E-state index contributed by atoms with van der Waals surface area (Å²) in [5.41, 5.74) is 2.83.